The fourth-order valence-corrected chi connectivity index (χ4v) is 38.1. The van der Waals surface area contributed by atoms with E-state index >= 15 is 0 Å². The highest BCUT2D eigenvalue weighted by Gasteiger charge is 2.60. The Bertz CT molecular complexity index is 9380. The minimum Gasteiger partial charge on any atom is -0.456 e. The molecule has 3 aliphatic rings. The van der Waals surface area contributed by atoms with Crippen molar-refractivity contribution in [3.8, 4) is 61.6 Å². The average molecular weight is 1760 g/mol. The first-order valence-corrected chi connectivity index (χ1v) is 53.8. The summed E-state index contributed by atoms with van der Waals surface area (Å²) in [6.45, 7) is 20.2. The van der Waals surface area contributed by atoms with Crippen LogP contribution in [-0.4, -0.2) is 29.8 Å². The lowest BCUT2D eigenvalue weighted by molar-refractivity contribution is 0.647. The molecule has 7 heterocycles. The lowest BCUT2D eigenvalue weighted by Gasteiger charge is -2.51. The molecule has 19 aromatic carbocycles. The third-order valence-electron chi connectivity index (χ3n) is 30.3. The van der Waals surface area contributed by atoms with Gasteiger partial charge in [-0.2, -0.15) is 0 Å². The van der Waals surface area contributed by atoms with E-state index in [2.05, 4.69) is 455 Å². The Hall–Kier alpha value is -15.8. The topological polar surface area (TPSA) is 67.3 Å². The molecule has 0 N–H and O–H groups in total. The summed E-state index contributed by atoms with van der Waals surface area (Å²) in [5.41, 5.74) is 38.8. The second-order valence-corrected chi connectivity index (χ2v) is 50.7. The van der Waals surface area contributed by atoms with Gasteiger partial charge in [0.1, 0.15) is 44.7 Å². The second-order valence-electron chi connectivity index (χ2n) is 39.7. The Morgan fingerprint density at radius 1 is 0.194 bits per heavy atom. The quantitative estimate of drug-likeness (QED) is 0.142. The highest BCUT2D eigenvalue weighted by molar-refractivity contribution is 6.99. The van der Waals surface area contributed by atoms with Gasteiger partial charge in [-0.15, -0.1) is 0 Å². The molecule has 0 atom stereocenters. The lowest BCUT2D eigenvalue weighted by Crippen LogP contribution is -2.63. The van der Waals surface area contributed by atoms with E-state index in [-0.39, 0.29) is 10.1 Å². The molecule has 638 valence electrons. The van der Waals surface area contributed by atoms with Crippen molar-refractivity contribution in [3.05, 3.63) is 451 Å². The fourth-order valence-electron chi connectivity index (χ4n) is 25.0. The van der Waals surface area contributed by atoms with Crippen molar-refractivity contribution in [2.24, 2.45) is 0 Å². The first-order valence-electron chi connectivity index (χ1n) is 46.8. The summed E-state index contributed by atoms with van der Waals surface area (Å²) in [7, 11) is -3.70. The van der Waals surface area contributed by atoms with Gasteiger partial charge in [0.15, 0.2) is 0 Å². The minimum absolute atomic E-state index is 0.0317. The number of furan rings is 4. The van der Waals surface area contributed by atoms with Gasteiger partial charge >= 0.3 is 0 Å². The van der Waals surface area contributed by atoms with Crippen LogP contribution in [0.2, 0.25) is 39.3 Å². The number of hydrogen-bond acceptors (Lipinski definition) is 4. The lowest BCUT2D eigenvalue weighted by atomic mass is 9.67. The van der Waals surface area contributed by atoms with Crippen LogP contribution in [0.3, 0.4) is 0 Å². The zero-order valence-corrected chi connectivity index (χ0v) is 77.7. The van der Waals surface area contributed by atoms with Crippen LogP contribution < -0.4 is 0 Å². The van der Waals surface area contributed by atoms with Crippen molar-refractivity contribution in [2.75, 3.05) is 0 Å². The second kappa shape index (κ2) is 28.6. The van der Waals surface area contributed by atoms with Gasteiger partial charge in [-0.3, -0.25) is 0 Å². The summed E-state index contributed by atoms with van der Waals surface area (Å²) >= 11 is 0. The Balaban J connectivity index is 0.000000103. The van der Waals surface area contributed by atoms with Crippen LogP contribution in [0.5, 0.6) is 0 Å². The van der Waals surface area contributed by atoms with E-state index < -0.39 is 21.6 Å². The molecule has 9 heteroatoms. The molecule has 29 rings (SSSR count). The van der Waals surface area contributed by atoms with Gasteiger partial charge in [-0.1, -0.05) is 290 Å². The van der Waals surface area contributed by atoms with Crippen LogP contribution in [0.25, 0.3) is 215 Å². The van der Waals surface area contributed by atoms with Crippen molar-refractivity contribution in [2.45, 2.75) is 68.6 Å². The molecular formula is C125H91N3O4Si2. The molecule has 0 amide bonds. The summed E-state index contributed by atoms with van der Waals surface area (Å²) in [5.74, 6) is 0. The normalized spacial score (nSPS) is 14.0. The van der Waals surface area contributed by atoms with E-state index in [1.54, 1.807) is 0 Å². The summed E-state index contributed by atoms with van der Waals surface area (Å²) in [5, 5.41) is 17.0. The highest BCUT2D eigenvalue weighted by atomic mass is 28.4. The number of fused-ring (bicyclic) bond motifs is 30. The SMILES string of the molecule is CC1(C)c2cc3oc4ccc(-c5ccc6oc7ccccc7c6c5)cc4c3cc2-c2cc3c4ccccc4n(-c4ccccc4)c3cc21.C[Si](C)(C)C1([Si](C)(C)C)c2cc3oc4ccccc4c3cc2-c2cc3c4ccccc4n(-c4ccccc4)c3cc21.c1ccc(-n2c3ccccc3c3cc4c(cc32)C(c2ccccc2)(c2ccccc2)c2cc3oc5ccccc5c3cc2-4)cc1. The summed E-state index contributed by atoms with van der Waals surface area (Å²) in [6, 6.07) is 148. The van der Waals surface area contributed by atoms with Gasteiger partial charge in [0.25, 0.3) is 0 Å². The molecule has 0 spiro atoms. The van der Waals surface area contributed by atoms with E-state index in [0.717, 1.165) is 93.8 Å². The average Bonchev–Trinajstić information content (AvgIpc) is 1.50. The Labute approximate surface area is 776 Å². The van der Waals surface area contributed by atoms with Crippen molar-refractivity contribution >= 4 is 169 Å². The summed E-state index contributed by atoms with van der Waals surface area (Å²) in [4.78, 5) is 0. The van der Waals surface area contributed by atoms with E-state index in [9.17, 15) is 0 Å². The smallest absolute Gasteiger partial charge is 0.135 e. The van der Waals surface area contributed by atoms with Crippen molar-refractivity contribution < 1.29 is 17.7 Å². The van der Waals surface area contributed by atoms with Crippen molar-refractivity contribution in [1.82, 2.24) is 13.7 Å². The van der Waals surface area contributed by atoms with Crippen LogP contribution in [0, 0.1) is 0 Å². The number of benzene rings is 19. The first-order chi connectivity index (χ1) is 65.5. The standard InChI is InChI=1S/C45H29NO2.C43H27NO.C37H35NOSi2/c1-45(2)37-24-40-33(29-12-6-8-14-39(29)46(40)28-10-4-3-5-11-28)22-31(37)32-23-36-35-21-27(17-19-43(35)48-44(36)25-38(32)45)26-16-18-42-34(20-26)30-13-7-9-15-41(30)47-42;1-4-14-28(15-5-1)43(29-16-6-2-7-17-29)37-26-40-35(31-20-10-12-22-39(31)44(40)30-18-8-3-9-19-30)24-33(37)34-25-36-32-21-11-13-23-41(32)45-42(36)27-38(34)43;1-40(2,3)37(41(4,5)6)31-22-34-29(25-16-10-12-18-33(25)38(34)24-14-8-7-9-15-24)20-27(31)28-21-30-26-17-11-13-19-35(26)39-36(30)23-32(28)37/h3-25H,1-2H3;1-27H;7-23H,1-6H3. The van der Waals surface area contributed by atoms with Crippen LogP contribution in [0.1, 0.15) is 58.4 Å². The molecule has 0 radical (unpaired) electrons. The number of nitrogens with zero attached hydrogens (tertiary/aromatic N) is 3. The van der Waals surface area contributed by atoms with Crippen LogP contribution in [-0.2, 0) is 15.5 Å². The van der Waals surface area contributed by atoms with E-state index in [1.807, 2.05) is 18.2 Å². The molecule has 0 fully saturated rings. The molecule has 0 unspecified atom stereocenters. The maximum absolute atomic E-state index is 6.55. The van der Waals surface area contributed by atoms with Crippen LogP contribution in [0.15, 0.2) is 424 Å². The third kappa shape index (κ3) is 11.0. The van der Waals surface area contributed by atoms with Crippen LogP contribution in [0.4, 0.5) is 0 Å². The third-order valence-corrected chi connectivity index (χ3v) is 40.4. The van der Waals surface area contributed by atoms with Crippen LogP contribution >= 0.6 is 0 Å². The molecule has 134 heavy (non-hydrogen) atoms. The Morgan fingerprint density at radius 2 is 0.448 bits per heavy atom. The van der Waals surface area contributed by atoms with Gasteiger partial charge in [0.2, 0.25) is 0 Å². The number of para-hydroxylation sites is 9. The van der Waals surface area contributed by atoms with Gasteiger partial charge in [0.05, 0.1) is 54.7 Å². The zero-order valence-electron chi connectivity index (χ0n) is 75.7. The van der Waals surface area contributed by atoms with E-state index in [1.165, 1.54) is 165 Å². The van der Waals surface area contributed by atoms with Gasteiger partial charge in [0, 0.05) is 103 Å². The number of aromatic nitrogens is 3. The molecule has 0 bridgehead atoms. The van der Waals surface area contributed by atoms with Gasteiger partial charge < -0.3 is 31.4 Å². The predicted molar refractivity (Wildman–Crippen MR) is 565 cm³/mol. The van der Waals surface area contributed by atoms with E-state index in [4.69, 9.17) is 17.7 Å². The molecule has 0 saturated carbocycles. The van der Waals surface area contributed by atoms with Crippen molar-refractivity contribution in [3.63, 3.8) is 0 Å². The van der Waals surface area contributed by atoms with Crippen molar-refractivity contribution in [1.29, 1.82) is 0 Å². The molecule has 26 aromatic rings. The van der Waals surface area contributed by atoms with Gasteiger partial charge in [-0.05, 0) is 259 Å². The Morgan fingerprint density at radius 3 is 0.843 bits per heavy atom. The molecule has 7 aromatic heterocycles. The summed E-state index contributed by atoms with van der Waals surface area (Å²) < 4.78 is 33.1. The molecular weight excluding hydrogens is 1660 g/mol. The molecule has 0 aliphatic heterocycles. The predicted octanol–water partition coefficient (Wildman–Crippen LogP) is 34.3. The maximum atomic E-state index is 6.55. The number of hydrogen-bond donors (Lipinski definition) is 0. The van der Waals surface area contributed by atoms with Gasteiger partial charge in [-0.25, -0.2) is 0 Å². The molecule has 7 nitrogen and oxygen atoms in total. The maximum Gasteiger partial charge on any atom is 0.135 e. The monoisotopic (exact) mass is 1750 g/mol. The zero-order chi connectivity index (χ0) is 89.6. The summed E-state index contributed by atoms with van der Waals surface area (Å²) in [6.07, 6.45) is 0. The molecule has 3 aliphatic carbocycles. The largest absolute Gasteiger partial charge is 0.456 e. The first kappa shape index (κ1) is 78.1. The number of rotatable bonds is 8. The molecule has 0 saturated heterocycles. The minimum atomic E-state index is -1.85. The Kier molecular flexibility index (Phi) is 16.7. The van der Waals surface area contributed by atoms with E-state index in [0.29, 0.717) is 0 Å². The fraction of sp³-hybridized carbons (Fsp3) is 0.0880. The highest BCUT2D eigenvalue weighted by Crippen LogP contribution is 2.63.